The van der Waals surface area contributed by atoms with Crippen molar-refractivity contribution in [2.24, 2.45) is 0 Å². The Morgan fingerprint density at radius 1 is 1.30 bits per heavy atom. The molecule has 0 unspecified atom stereocenters. The van der Waals surface area contributed by atoms with Crippen molar-refractivity contribution in [2.75, 3.05) is 19.0 Å². The van der Waals surface area contributed by atoms with E-state index in [-0.39, 0.29) is 17.9 Å². The molecule has 0 radical (unpaired) electrons. The number of anilines is 1. The van der Waals surface area contributed by atoms with Crippen molar-refractivity contribution in [3.05, 3.63) is 18.0 Å². The van der Waals surface area contributed by atoms with Crippen molar-refractivity contribution in [1.29, 1.82) is 0 Å². The first-order valence-electron chi connectivity index (χ1n) is 5.64. The molecule has 2 rings (SSSR count). The molecule has 0 aliphatic heterocycles. The van der Waals surface area contributed by atoms with Gasteiger partial charge < -0.3 is 10.1 Å². The summed E-state index contributed by atoms with van der Waals surface area (Å²) >= 11 is 0. The monoisotopic (exact) mass is 288 g/mol. The van der Waals surface area contributed by atoms with Crippen molar-refractivity contribution >= 4 is 5.95 Å². The zero-order chi connectivity index (χ0) is 14.8. The van der Waals surface area contributed by atoms with Gasteiger partial charge in [-0.15, -0.1) is 0 Å². The molecule has 1 N–H and O–H groups in total. The minimum absolute atomic E-state index is 0.00547. The van der Waals surface area contributed by atoms with E-state index in [4.69, 9.17) is 4.74 Å². The normalized spacial score (nSPS) is 11.4. The molecule has 0 fully saturated rings. The number of rotatable bonds is 4. The molecule has 2 aromatic heterocycles. The third-order valence-electron chi connectivity index (χ3n) is 2.18. The van der Waals surface area contributed by atoms with Gasteiger partial charge in [-0.3, -0.25) is 0 Å². The number of nitrogens with zero attached hydrogens (tertiary/aromatic N) is 5. The molecule has 0 atom stereocenters. The summed E-state index contributed by atoms with van der Waals surface area (Å²) in [6.07, 6.45) is -3.40. The molecule has 0 saturated carbocycles. The summed E-state index contributed by atoms with van der Waals surface area (Å²) in [7, 11) is 1.57. The Hall–Kier alpha value is -2.39. The fourth-order valence-electron chi connectivity index (χ4n) is 1.34. The Kier molecular flexibility index (Phi) is 3.72. The molecular formula is C10H11F3N6O. The average molecular weight is 288 g/mol. The highest BCUT2D eigenvalue weighted by atomic mass is 19.4. The van der Waals surface area contributed by atoms with Crippen molar-refractivity contribution in [3.63, 3.8) is 0 Å². The number of alkyl halides is 3. The van der Waals surface area contributed by atoms with E-state index in [0.717, 1.165) is 16.9 Å². The standard InChI is InChI=1S/C10H11F3N6O/c1-3-20-9-16-7(14-2)15-8(17-9)19-5-4-6(18-19)10(11,12)13/h4-5H,3H2,1-2H3,(H,14,15,16,17). The fraction of sp³-hybridized carbons (Fsp3) is 0.400. The van der Waals surface area contributed by atoms with Crippen LogP contribution in [0.5, 0.6) is 6.01 Å². The lowest BCUT2D eigenvalue weighted by molar-refractivity contribution is -0.141. The van der Waals surface area contributed by atoms with Crippen LogP contribution in [-0.2, 0) is 6.18 Å². The summed E-state index contributed by atoms with van der Waals surface area (Å²) in [5.41, 5.74) is -1.03. The van der Waals surface area contributed by atoms with E-state index in [1.165, 1.54) is 0 Å². The van der Waals surface area contributed by atoms with Crippen LogP contribution in [0.1, 0.15) is 12.6 Å². The quantitative estimate of drug-likeness (QED) is 0.919. The van der Waals surface area contributed by atoms with Crippen molar-refractivity contribution in [2.45, 2.75) is 13.1 Å². The predicted molar refractivity (Wildman–Crippen MR) is 62.7 cm³/mol. The number of nitrogens with one attached hydrogen (secondary N) is 1. The van der Waals surface area contributed by atoms with Crippen molar-refractivity contribution in [3.8, 4) is 12.0 Å². The van der Waals surface area contributed by atoms with E-state index in [1.54, 1.807) is 14.0 Å². The lowest BCUT2D eigenvalue weighted by atomic mass is 10.4. The fourth-order valence-corrected chi connectivity index (χ4v) is 1.34. The first-order chi connectivity index (χ1) is 9.44. The van der Waals surface area contributed by atoms with Gasteiger partial charge in [0.05, 0.1) is 6.61 Å². The average Bonchev–Trinajstić information content (AvgIpc) is 2.88. The Balaban J connectivity index is 2.41. The summed E-state index contributed by atoms with van der Waals surface area (Å²) in [6, 6.07) is 0.842. The molecule has 20 heavy (non-hydrogen) atoms. The molecule has 0 aliphatic carbocycles. The molecule has 108 valence electrons. The van der Waals surface area contributed by atoms with Gasteiger partial charge in [-0.25, -0.2) is 4.68 Å². The van der Waals surface area contributed by atoms with Gasteiger partial charge in [0.15, 0.2) is 5.69 Å². The predicted octanol–water partition coefficient (Wildman–Crippen LogP) is 1.52. The lowest BCUT2D eigenvalue weighted by Crippen LogP contribution is -2.11. The smallest absolute Gasteiger partial charge is 0.435 e. The van der Waals surface area contributed by atoms with Gasteiger partial charge in [0.1, 0.15) is 0 Å². The van der Waals surface area contributed by atoms with E-state index in [2.05, 4.69) is 25.4 Å². The molecule has 0 saturated heterocycles. The summed E-state index contributed by atoms with van der Waals surface area (Å²) < 4.78 is 43.5. The second kappa shape index (κ2) is 5.31. The molecular weight excluding hydrogens is 277 g/mol. The first-order valence-corrected chi connectivity index (χ1v) is 5.64. The van der Waals surface area contributed by atoms with Gasteiger partial charge in [-0.05, 0) is 13.0 Å². The number of ether oxygens (including phenoxy) is 1. The Morgan fingerprint density at radius 2 is 2.05 bits per heavy atom. The lowest BCUT2D eigenvalue weighted by Gasteiger charge is -2.06. The molecule has 2 aromatic rings. The third kappa shape index (κ3) is 2.95. The van der Waals surface area contributed by atoms with Crippen LogP contribution in [0.4, 0.5) is 19.1 Å². The van der Waals surface area contributed by atoms with Crippen LogP contribution in [0.25, 0.3) is 5.95 Å². The zero-order valence-electron chi connectivity index (χ0n) is 10.6. The van der Waals surface area contributed by atoms with Crippen LogP contribution in [0.2, 0.25) is 0 Å². The van der Waals surface area contributed by atoms with Gasteiger partial charge in [-0.1, -0.05) is 0 Å². The first kappa shape index (κ1) is 14.0. The topological polar surface area (TPSA) is 77.8 Å². The van der Waals surface area contributed by atoms with E-state index in [0.29, 0.717) is 6.61 Å². The van der Waals surface area contributed by atoms with Crippen LogP contribution in [0.3, 0.4) is 0 Å². The number of hydrogen-bond donors (Lipinski definition) is 1. The molecule has 2 heterocycles. The van der Waals surface area contributed by atoms with Gasteiger partial charge in [0, 0.05) is 13.2 Å². The SMILES string of the molecule is CCOc1nc(NC)nc(-n2ccc(C(F)(F)F)n2)n1. The van der Waals surface area contributed by atoms with E-state index < -0.39 is 11.9 Å². The van der Waals surface area contributed by atoms with Crippen LogP contribution in [0, 0.1) is 0 Å². The Morgan fingerprint density at radius 3 is 2.60 bits per heavy atom. The minimum atomic E-state index is -4.52. The molecule has 0 spiro atoms. The minimum Gasteiger partial charge on any atom is -0.464 e. The Bertz CT molecular complexity index is 597. The van der Waals surface area contributed by atoms with Gasteiger partial charge in [-0.2, -0.15) is 33.2 Å². The highest BCUT2D eigenvalue weighted by molar-refractivity contribution is 5.29. The zero-order valence-corrected chi connectivity index (χ0v) is 10.6. The number of halogens is 3. The van der Waals surface area contributed by atoms with E-state index in [9.17, 15) is 13.2 Å². The summed E-state index contributed by atoms with van der Waals surface area (Å²) in [5, 5.41) is 6.05. The maximum Gasteiger partial charge on any atom is 0.435 e. The van der Waals surface area contributed by atoms with E-state index in [1.807, 2.05) is 0 Å². The number of aromatic nitrogens is 5. The van der Waals surface area contributed by atoms with Crippen molar-refractivity contribution < 1.29 is 17.9 Å². The summed E-state index contributed by atoms with van der Waals surface area (Å²) in [6.45, 7) is 2.05. The summed E-state index contributed by atoms with van der Waals surface area (Å²) in [4.78, 5) is 11.7. The van der Waals surface area contributed by atoms with Crippen LogP contribution in [-0.4, -0.2) is 38.4 Å². The van der Waals surface area contributed by atoms with Crippen LogP contribution in [0.15, 0.2) is 12.3 Å². The molecule has 0 bridgehead atoms. The maximum absolute atomic E-state index is 12.5. The highest BCUT2D eigenvalue weighted by Gasteiger charge is 2.33. The van der Waals surface area contributed by atoms with Crippen molar-refractivity contribution in [1.82, 2.24) is 24.7 Å². The van der Waals surface area contributed by atoms with Gasteiger partial charge in [0.25, 0.3) is 5.95 Å². The molecule has 0 aromatic carbocycles. The third-order valence-corrected chi connectivity index (χ3v) is 2.18. The van der Waals surface area contributed by atoms with Crippen LogP contribution < -0.4 is 10.1 Å². The summed E-state index contributed by atoms with van der Waals surface area (Å²) in [5.74, 6) is 0.103. The number of hydrogen-bond acceptors (Lipinski definition) is 6. The largest absolute Gasteiger partial charge is 0.464 e. The molecule has 7 nitrogen and oxygen atoms in total. The maximum atomic E-state index is 12.5. The van der Waals surface area contributed by atoms with E-state index >= 15 is 0 Å². The highest BCUT2D eigenvalue weighted by Crippen LogP contribution is 2.27. The Labute approximate surface area is 111 Å². The second-order valence-corrected chi connectivity index (χ2v) is 3.57. The molecule has 10 heteroatoms. The van der Waals surface area contributed by atoms with Gasteiger partial charge >= 0.3 is 12.2 Å². The van der Waals surface area contributed by atoms with Crippen LogP contribution >= 0.6 is 0 Å². The van der Waals surface area contributed by atoms with Gasteiger partial charge in [0.2, 0.25) is 5.95 Å². The molecule has 0 aliphatic rings. The second-order valence-electron chi connectivity index (χ2n) is 3.57. The molecule has 0 amide bonds.